The summed E-state index contributed by atoms with van der Waals surface area (Å²) in [5.41, 5.74) is 0.843. The van der Waals surface area contributed by atoms with Crippen molar-refractivity contribution < 1.29 is 5.11 Å². The molecular formula is C8H9BrOS. The van der Waals surface area contributed by atoms with Crippen molar-refractivity contribution in [3.05, 3.63) is 28.2 Å². The summed E-state index contributed by atoms with van der Waals surface area (Å²) >= 11 is 7.56. The highest BCUT2D eigenvalue weighted by molar-refractivity contribution is 9.10. The summed E-state index contributed by atoms with van der Waals surface area (Å²) in [4.78, 5) is 0.814. The molecular weight excluding hydrogens is 224 g/mol. The molecule has 0 saturated carbocycles. The van der Waals surface area contributed by atoms with Gasteiger partial charge >= 0.3 is 0 Å². The van der Waals surface area contributed by atoms with Crippen LogP contribution in [0.1, 0.15) is 18.6 Å². The zero-order chi connectivity index (χ0) is 8.43. The third-order valence-electron chi connectivity index (χ3n) is 1.45. The van der Waals surface area contributed by atoms with Crippen molar-refractivity contribution in [2.75, 3.05) is 0 Å². The highest BCUT2D eigenvalue weighted by atomic mass is 79.9. The van der Waals surface area contributed by atoms with Crippen molar-refractivity contribution in [3.63, 3.8) is 0 Å². The first-order valence-electron chi connectivity index (χ1n) is 3.28. The van der Waals surface area contributed by atoms with E-state index in [1.54, 1.807) is 6.92 Å². The van der Waals surface area contributed by atoms with E-state index in [9.17, 15) is 5.11 Å². The van der Waals surface area contributed by atoms with Crippen LogP contribution in [0.5, 0.6) is 0 Å². The van der Waals surface area contributed by atoms with Crippen molar-refractivity contribution in [1.29, 1.82) is 0 Å². The molecule has 1 N–H and O–H groups in total. The molecule has 11 heavy (non-hydrogen) atoms. The second kappa shape index (κ2) is 3.61. The molecule has 0 aliphatic heterocycles. The highest BCUT2D eigenvalue weighted by Crippen LogP contribution is 2.28. The predicted molar refractivity (Wildman–Crippen MR) is 52.0 cm³/mol. The van der Waals surface area contributed by atoms with Gasteiger partial charge in [0, 0.05) is 14.9 Å². The Labute approximate surface area is 80.0 Å². The van der Waals surface area contributed by atoms with Gasteiger partial charge in [-0.25, -0.2) is 0 Å². The molecule has 1 atom stereocenters. The molecule has 0 unspecified atom stereocenters. The number of hydrogen-bond acceptors (Lipinski definition) is 2. The van der Waals surface area contributed by atoms with E-state index >= 15 is 0 Å². The maximum absolute atomic E-state index is 9.31. The number of benzene rings is 1. The Bertz CT molecular complexity index is 240. The van der Waals surface area contributed by atoms with Crippen molar-refractivity contribution in [3.8, 4) is 0 Å². The van der Waals surface area contributed by atoms with Crippen molar-refractivity contribution >= 4 is 28.6 Å². The van der Waals surface area contributed by atoms with Crippen LogP contribution < -0.4 is 0 Å². The zero-order valence-electron chi connectivity index (χ0n) is 6.08. The first kappa shape index (κ1) is 9.10. The van der Waals surface area contributed by atoms with E-state index in [-0.39, 0.29) is 0 Å². The topological polar surface area (TPSA) is 20.2 Å². The van der Waals surface area contributed by atoms with Gasteiger partial charge in [-0.05, 0) is 19.1 Å². The molecule has 0 radical (unpaired) electrons. The molecule has 0 spiro atoms. The second-order valence-electron chi connectivity index (χ2n) is 2.35. The maximum atomic E-state index is 9.31. The van der Waals surface area contributed by atoms with Gasteiger partial charge in [0.2, 0.25) is 0 Å². The molecule has 0 amide bonds. The summed E-state index contributed by atoms with van der Waals surface area (Å²) in [5.74, 6) is 0. The van der Waals surface area contributed by atoms with Crippen LogP contribution in [-0.2, 0) is 0 Å². The summed E-state index contributed by atoms with van der Waals surface area (Å²) in [5, 5.41) is 9.31. The minimum atomic E-state index is -0.474. The molecule has 0 heterocycles. The number of aliphatic hydroxyl groups excluding tert-OH is 1. The molecule has 1 rings (SSSR count). The molecule has 0 aliphatic rings. The van der Waals surface area contributed by atoms with Gasteiger partial charge in [-0.15, -0.1) is 12.6 Å². The largest absolute Gasteiger partial charge is 0.389 e. The summed E-state index contributed by atoms with van der Waals surface area (Å²) in [7, 11) is 0. The fourth-order valence-electron chi connectivity index (χ4n) is 0.939. The van der Waals surface area contributed by atoms with Crippen LogP contribution >= 0.6 is 28.6 Å². The van der Waals surface area contributed by atoms with Gasteiger partial charge in [-0.2, -0.15) is 0 Å². The van der Waals surface area contributed by atoms with Gasteiger partial charge in [-0.3, -0.25) is 0 Å². The minimum absolute atomic E-state index is 0.474. The molecule has 0 bridgehead atoms. The first-order chi connectivity index (χ1) is 5.13. The van der Waals surface area contributed by atoms with Gasteiger partial charge in [0.25, 0.3) is 0 Å². The average molecular weight is 233 g/mol. The van der Waals surface area contributed by atoms with Crippen LogP contribution in [0.15, 0.2) is 27.6 Å². The normalized spacial score (nSPS) is 13.1. The Morgan fingerprint density at radius 1 is 1.55 bits per heavy atom. The lowest BCUT2D eigenvalue weighted by Gasteiger charge is -2.09. The molecule has 0 saturated heterocycles. The number of thiol groups is 1. The Morgan fingerprint density at radius 2 is 2.18 bits per heavy atom. The molecule has 1 aromatic rings. The molecule has 0 fully saturated rings. The monoisotopic (exact) mass is 232 g/mol. The number of rotatable bonds is 1. The van der Waals surface area contributed by atoms with E-state index in [0.717, 1.165) is 14.9 Å². The van der Waals surface area contributed by atoms with Gasteiger partial charge in [0.15, 0.2) is 0 Å². The van der Waals surface area contributed by atoms with Gasteiger partial charge in [0.1, 0.15) is 0 Å². The lowest BCUT2D eigenvalue weighted by atomic mass is 10.1. The SMILES string of the molecule is C[C@@H](O)c1c(S)cccc1Br. The summed E-state index contributed by atoms with van der Waals surface area (Å²) in [6.45, 7) is 1.72. The van der Waals surface area contributed by atoms with Crippen molar-refractivity contribution in [2.45, 2.75) is 17.9 Å². The van der Waals surface area contributed by atoms with E-state index in [4.69, 9.17) is 0 Å². The lowest BCUT2D eigenvalue weighted by Crippen LogP contribution is -1.93. The van der Waals surface area contributed by atoms with Crippen LogP contribution in [0.4, 0.5) is 0 Å². The van der Waals surface area contributed by atoms with Crippen molar-refractivity contribution in [2.24, 2.45) is 0 Å². The summed E-state index contributed by atoms with van der Waals surface area (Å²) in [6, 6.07) is 5.63. The molecule has 0 aliphatic carbocycles. The Hall–Kier alpha value is 0.01000. The highest BCUT2D eigenvalue weighted by Gasteiger charge is 2.08. The van der Waals surface area contributed by atoms with E-state index in [1.165, 1.54) is 0 Å². The molecule has 1 aromatic carbocycles. The second-order valence-corrected chi connectivity index (χ2v) is 3.68. The maximum Gasteiger partial charge on any atom is 0.0783 e. The van der Waals surface area contributed by atoms with E-state index in [1.807, 2.05) is 18.2 Å². The fourth-order valence-corrected chi connectivity index (χ4v) is 2.18. The van der Waals surface area contributed by atoms with Crippen LogP contribution in [-0.4, -0.2) is 5.11 Å². The van der Waals surface area contributed by atoms with E-state index in [0.29, 0.717) is 0 Å². The molecule has 1 nitrogen and oxygen atoms in total. The fraction of sp³-hybridized carbons (Fsp3) is 0.250. The van der Waals surface area contributed by atoms with Gasteiger partial charge < -0.3 is 5.11 Å². The number of halogens is 1. The predicted octanol–water partition coefficient (Wildman–Crippen LogP) is 2.79. The standard InChI is InChI=1S/C8H9BrOS/c1-5(10)8-6(9)3-2-4-7(8)11/h2-5,10-11H,1H3/t5-/m1/s1. The molecule has 60 valence electrons. The molecule has 3 heteroatoms. The number of hydrogen-bond donors (Lipinski definition) is 2. The van der Waals surface area contributed by atoms with Gasteiger partial charge in [0.05, 0.1) is 6.10 Å². The molecule has 0 aromatic heterocycles. The summed E-state index contributed by atoms with van der Waals surface area (Å²) < 4.78 is 0.903. The van der Waals surface area contributed by atoms with Crippen molar-refractivity contribution in [1.82, 2.24) is 0 Å². The third kappa shape index (κ3) is 1.98. The van der Waals surface area contributed by atoms with E-state index in [2.05, 4.69) is 28.6 Å². The Kier molecular flexibility index (Phi) is 2.98. The van der Waals surface area contributed by atoms with E-state index < -0.39 is 6.10 Å². The smallest absolute Gasteiger partial charge is 0.0783 e. The first-order valence-corrected chi connectivity index (χ1v) is 4.52. The average Bonchev–Trinajstić information content (AvgIpc) is 1.85. The Balaban J connectivity index is 3.21. The summed E-state index contributed by atoms with van der Waals surface area (Å²) in [6.07, 6.45) is -0.474. The quantitative estimate of drug-likeness (QED) is 0.714. The van der Waals surface area contributed by atoms with Crippen LogP contribution in [0.3, 0.4) is 0 Å². The number of aliphatic hydroxyl groups is 1. The van der Waals surface area contributed by atoms with Crippen LogP contribution in [0.25, 0.3) is 0 Å². The third-order valence-corrected chi connectivity index (χ3v) is 2.53. The van der Waals surface area contributed by atoms with Crippen LogP contribution in [0, 0.1) is 0 Å². The minimum Gasteiger partial charge on any atom is -0.389 e. The lowest BCUT2D eigenvalue weighted by molar-refractivity contribution is 0.195. The zero-order valence-corrected chi connectivity index (χ0v) is 8.56. The van der Waals surface area contributed by atoms with Gasteiger partial charge in [-0.1, -0.05) is 22.0 Å². The van der Waals surface area contributed by atoms with Crippen LogP contribution in [0.2, 0.25) is 0 Å². The Morgan fingerprint density at radius 3 is 2.55 bits per heavy atom.